The zero-order valence-corrected chi connectivity index (χ0v) is 12.1. The summed E-state index contributed by atoms with van der Waals surface area (Å²) in [5, 5.41) is 0. The largest absolute Gasteiger partial charge is 0.486 e. The fourth-order valence-electron chi connectivity index (χ4n) is 2.31. The predicted molar refractivity (Wildman–Crippen MR) is 79.7 cm³/mol. The molecule has 0 radical (unpaired) electrons. The average Bonchev–Trinajstić information content (AvgIpc) is 3.15. The lowest BCUT2D eigenvalue weighted by molar-refractivity contribution is 0.285. The second-order valence-corrected chi connectivity index (χ2v) is 5.09. The summed E-state index contributed by atoms with van der Waals surface area (Å²) in [6, 6.07) is 11.6. The first-order valence-corrected chi connectivity index (χ1v) is 6.56. The van der Waals surface area contributed by atoms with E-state index in [1.165, 1.54) is 6.07 Å². The van der Waals surface area contributed by atoms with Gasteiger partial charge in [-0.05, 0) is 18.1 Å². The van der Waals surface area contributed by atoms with Crippen LogP contribution >= 0.6 is 12.4 Å². The van der Waals surface area contributed by atoms with Crippen molar-refractivity contribution in [3.05, 3.63) is 65.2 Å². The summed E-state index contributed by atoms with van der Waals surface area (Å²) in [6.07, 6.45) is 0.741. The molecule has 2 aromatic rings. The number of hydrogen-bond acceptors (Lipinski definition) is 2. The minimum atomic E-state index is -0.671. The molecule has 2 N–H and O–H groups in total. The third-order valence-corrected chi connectivity index (χ3v) is 3.50. The van der Waals surface area contributed by atoms with Crippen LogP contribution in [0.3, 0.4) is 0 Å². The van der Waals surface area contributed by atoms with Crippen LogP contribution in [0.1, 0.15) is 23.5 Å². The number of hydrogen-bond donors (Lipinski definition) is 1. The molecule has 1 aliphatic carbocycles. The van der Waals surface area contributed by atoms with Crippen molar-refractivity contribution in [1.82, 2.24) is 0 Å². The van der Waals surface area contributed by atoms with Gasteiger partial charge < -0.3 is 10.5 Å². The maximum absolute atomic E-state index is 13.9. The van der Waals surface area contributed by atoms with Gasteiger partial charge in [0, 0.05) is 23.6 Å². The van der Waals surface area contributed by atoms with Gasteiger partial charge in [0.15, 0.2) is 11.6 Å². The highest BCUT2D eigenvalue weighted by molar-refractivity contribution is 5.85. The van der Waals surface area contributed by atoms with Gasteiger partial charge in [-0.3, -0.25) is 0 Å². The molecule has 0 unspecified atom stereocenters. The lowest BCUT2D eigenvalue weighted by atomic mass is 10.1. The molecule has 1 aliphatic rings. The smallest absolute Gasteiger partial charge is 0.168 e. The van der Waals surface area contributed by atoms with Crippen LogP contribution in [0.5, 0.6) is 5.75 Å². The average molecular weight is 312 g/mol. The fourth-order valence-corrected chi connectivity index (χ4v) is 2.31. The zero-order valence-electron chi connectivity index (χ0n) is 11.3. The fraction of sp³-hybridized carbons (Fsp3) is 0.250. The minimum Gasteiger partial charge on any atom is -0.486 e. The summed E-state index contributed by atoms with van der Waals surface area (Å²) in [6.45, 7) is 0.248. The molecule has 5 heteroatoms. The van der Waals surface area contributed by atoms with Crippen molar-refractivity contribution < 1.29 is 13.5 Å². The number of benzene rings is 2. The van der Waals surface area contributed by atoms with Crippen molar-refractivity contribution in [3.8, 4) is 5.75 Å². The summed E-state index contributed by atoms with van der Waals surface area (Å²) in [5.41, 5.74) is 7.24. The molecule has 2 nitrogen and oxygen atoms in total. The van der Waals surface area contributed by atoms with Crippen molar-refractivity contribution in [1.29, 1.82) is 0 Å². The SMILES string of the molecule is Cl.N[C@@H]1C[C@H]1c1cc(F)cc(F)c1OCc1ccccc1. The second-order valence-electron chi connectivity index (χ2n) is 5.09. The topological polar surface area (TPSA) is 35.2 Å². The number of rotatable bonds is 4. The highest BCUT2D eigenvalue weighted by Crippen LogP contribution is 2.44. The van der Waals surface area contributed by atoms with Crippen molar-refractivity contribution in [3.63, 3.8) is 0 Å². The Morgan fingerprint density at radius 3 is 2.43 bits per heavy atom. The highest BCUT2D eigenvalue weighted by Gasteiger charge is 2.38. The molecular weight excluding hydrogens is 296 g/mol. The van der Waals surface area contributed by atoms with Crippen LogP contribution in [0.2, 0.25) is 0 Å². The molecule has 0 saturated heterocycles. The molecule has 112 valence electrons. The number of nitrogens with two attached hydrogens (primary N) is 1. The molecule has 2 aromatic carbocycles. The van der Waals surface area contributed by atoms with Crippen molar-refractivity contribution in [2.24, 2.45) is 5.73 Å². The molecule has 2 atom stereocenters. The van der Waals surface area contributed by atoms with Gasteiger partial charge in [0.25, 0.3) is 0 Å². The third-order valence-electron chi connectivity index (χ3n) is 3.50. The highest BCUT2D eigenvalue weighted by atomic mass is 35.5. The Bertz CT molecular complexity index is 621. The Kier molecular flexibility index (Phi) is 4.80. The van der Waals surface area contributed by atoms with E-state index >= 15 is 0 Å². The van der Waals surface area contributed by atoms with Gasteiger partial charge >= 0.3 is 0 Å². The van der Waals surface area contributed by atoms with E-state index in [0.29, 0.717) is 5.56 Å². The summed E-state index contributed by atoms with van der Waals surface area (Å²) >= 11 is 0. The van der Waals surface area contributed by atoms with E-state index in [-0.39, 0.29) is 36.7 Å². The predicted octanol–water partition coefficient (Wildman–Crippen LogP) is 3.78. The summed E-state index contributed by atoms with van der Waals surface area (Å²) in [5.74, 6) is -1.15. The Labute approximate surface area is 128 Å². The summed E-state index contributed by atoms with van der Waals surface area (Å²) in [4.78, 5) is 0. The van der Waals surface area contributed by atoms with Gasteiger partial charge in [0.05, 0.1) is 0 Å². The van der Waals surface area contributed by atoms with Crippen LogP contribution in [0.4, 0.5) is 8.78 Å². The van der Waals surface area contributed by atoms with Gasteiger partial charge in [-0.15, -0.1) is 12.4 Å². The first-order chi connectivity index (χ1) is 9.65. The van der Waals surface area contributed by atoms with Crippen LogP contribution in [-0.2, 0) is 6.61 Å². The lowest BCUT2D eigenvalue weighted by Crippen LogP contribution is -2.05. The van der Waals surface area contributed by atoms with Crippen molar-refractivity contribution in [2.75, 3.05) is 0 Å². The first kappa shape index (κ1) is 15.7. The Balaban J connectivity index is 0.00000161. The van der Waals surface area contributed by atoms with Crippen LogP contribution in [0.25, 0.3) is 0 Å². The molecular formula is C16H16ClF2NO. The zero-order chi connectivity index (χ0) is 14.1. The number of ether oxygens (including phenoxy) is 1. The van der Waals surface area contributed by atoms with Gasteiger partial charge in [-0.2, -0.15) is 0 Å². The van der Waals surface area contributed by atoms with E-state index in [1.54, 1.807) is 0 Å². The standard InChI is InChI=1S/C16H15F2NO.ClH/c17-11-6-13(12-8-15(12)19)16(14(18)7-11)20-9-10-4-2-1-3-5-10;/h1-7,12,15H,8-9,19H2;1H/t12-,15+;/m0./s1. The summed E-state index contributed by atoms with van der Waals surface area (Å²) in [7, 11) is 0. The van der Waals surface area contributed by atoms with E-state index in [0.717, 1.165) is 18.1 Å². The Morgan fingerprint density at radius 2 is 1.81 bits per heavy atom. The van der Waals surface area contributed by atoms with Crippen LogP contribution < -0.4 is 10.5 Å². The Hall–Kier alpha value is -1.65. The van der Waals surface area contributed by atoms with E-state index in [4.69, 9.17) is 10.5 Å². The van der Waals surface area contributed by atoms with Gasteiger partial charge in [0.1, 0.15) is 12.4 Å². The maximum Gasteiger partial charge on any atom is 0.168 e. The van der Waals surface area contributed by atoms with Crippen molar-refractivity contribution >= 4 is 12.4 Å². The van der Waals surface area contributed by atoms with E-state index in [1.807, 2.05) is 30.3 Å². The summed E-state index contributed by atoms with van der Waals surface area (Å²) < 4.78 is 32.8. The normalized spacial score (nSPS) is 19.8. The molecule has 1 fully saturated rings. The Morgan fingerprint density at radius 1 is 1.14 bits per heavy atom. The maximum atomic E-state index is 13.9. The first-order valence-electron chi connectivity index (χ1n) is 6.56. The van der Waals surface area contributed by atoms with E-state index < -0.39 is 11.6 Å². The van der Waals surface area contributed by atoms with Gasteiger partial charge in [0.2, 0.25) is 0 Å². The lowest BCUT2D eigenvalue weighted by Gasteiger charge is -2.12. The molecule has 21 heavy (non-hydrogen) atoms. The van der Waals surface area contributed by atoms with E-state index in [9.17, 15) is 8.78 Å². The van der Waals surface area contributed by atoms with Crippen molar-refractivity contribution in [2.45, 2.75) is 25.0 Å². The molecule has 0 amide bonds. The van der Waals surface area contributed by atoms with Gasteiger partial charge in [-0.25, -0.2) is 8.78 Å². The molecule has 3 rings (SSSR count). The quantitative estimate of drug-likeness (QED) is 0.932. The van der Waals surface area contributed by atoms with E-state index in [2.05, 4.69) is 0 Å². The third kappa shape index (κ3) is 3.52. The van der Waals surface area contributed by atoms with Crippen LogP contribution in [0, 0.1) is 11.6 Å². The van der Waals surface area contributed by atoms with Crippen LogP contribution in [0.15, 0.2) is 42.5 Å². The molecule has 0 aromatic heterocycles. The number of halogens is 3. The monoisotopic (exact) mass is 311 g/mol. The minimum absolute atomic E-state index is 0. The molecule has 0 bridgehead atoms. The molecule has 0 heterocycles. The van der Waals surface area contributed by atoms with Crippen LogP contribution in [-0.4, -0.2) is 6.04 Å². The molecule has 1 saturated carbocycles. The molecule has 0 aliphatic heterocycles. The second kappa shape index (κ2) is 6.41. The van der Waals surface area contributed by atoms with Gasteiger partial charge in [-0.1, -0.05) is 30.3 Å². The molecule has 0 spiro atoms.